The molecule has 0 aromatic heterocycles. The van der Waals surface area contributed by atoms with Gasteiger partial charge in [-0.05, 0) is 61.3 Å². The largest absolute Gasteiger partial charge is 0.0654 e. The maximum absolute atomic E-state index is 2.45. The fourth-order valence-corrected chi connectivity index (χ4v) is 2.53. The Morgan fingerprint density at radius 2 is 2.07 bits per heavy atom. The van der Waals surface area contributed by atoms with E-state index in [0.29, 0.717) is 0 Å². The standard InChI is InChI=1S/C14H20/c1-3-4-6-12-9-11(2)14-8-5-7-13(14)10-12/h9-10H,3-8H2,1-2H3. The van der Waals surface area contributed by atoms with Crippen molar-refractivity contribution in [3.8, 4) is 0 Å². The molecule has 0 saturated carbocycles. The second kappa shape index (κ2) is 4.16. The van der Waals surface area contributed by atoms with E-state index in [0.717, 1.165) is 0 Å². The van der Waals surface area contributed by atoms with E-state index in [9.17, 15) is 0 Å². The zero-order valence-corrected chi connectivity index (χ0v) is 9.40. The van der Waals surface area contributed by atoms with Crippen molar-refractivity contribution in [2.75, 3.05) is 0 Å². The van der Waals surface area contributed by atoms with Gasteiger partial charge < -0.3 is 0 Å². The lowest BCUT2D eigenvalue weighted by atomic mass is 9.98. The molecule has 0 saturated heterocycles. The first-order chi connectivity index (χ1) is 6.81. The smallest absolute Gasteiger partial charge is 0.0270 e. The van der Waals surface area contributed by atoms with Crippen molar-refractivity contribution in [1.29, 1.82) is 0 Å². The maximum atomic E-state index is 2.45. The molecule has 0 amide bonds. The van der Waals surface area contributed by atoms with Crippen molar-refractivity contribution in [2.45, 2.75) is 52.4 Å². The van der Waals surface area contributed by atoms with Crippen LogP contribution in [0.5, 0.6) is 0 Å². The summed E-state index contributed by atoms with van der Waals surface area (Å²) in [6.45, 7) is 4.54. The van der Waals surface area contributed by atoms with Crippen LogP contribution in [0.25, 0.3) is 0 Å². The van der Waals surface area contributed by atoms with Crippen LogP contribution >= 0.6 is 0 Å². The predicted octanol–water partition coefficient (Wildman–Crippen LogP) is 3.83. The van der Waals surface area contributed by atoms with E-state index >= 15 is 0 Å². The highest BCUT2D eigenvalue weighted by molar-refractivity contribution is 5.41. The highest BCUT2D eigenvalue weighted by Crippen LogP contribution is 2.27. The fraction of sp³-hybridized carbons (Fsp3) is 0.571. The van der Waals surface area contributed by atoms with Crippen LogP contribution in [-0.4, -0.2) is 0 Å². The molecule has 0 fully saturated rings. The van der Waals surface area contributed by atoms with Gasteiger partial charge in [0, 0.05) is 0 Å². The van der Waals surface area contributed by atoms with Gasteiger partial charge in [-0.1, -0.05) is 25.5 Å². The van der Waals surface area contributed by atoms with Gasteiger partial charge in [0.15, 0.2) is 0 Å². The average molecular weight is 188 g/mol. The molecule has 0 bridgehead atoms. The van der Waals surface area contributed by atoms with Gasteiger partial charge in [-0.3, -0.25) is 0 Å². The molecule has 0 aliphatic heterocycles. The van der Waals surface area contributed by atoms with Crippen LogP contribution in [0.4, 0.5) is 0 Å². The maximum Gasteiger partial charge on any atom is -0.0270 e. The summed E-state index contributed by atoms with van der Waals surface area (Å²) in [7, 11) is 0. The molecule has 14 heavy (non-hydrogen) atoms. The van der Waals surface area contributed by atoms with Gasteiger partial charge in [-0.25, -0.2) is 0 Å². The lowest BCUT2D eigenvalue weighted by molar-refractivity contribution is 0.793. The van der Waals surface area contributed by atoms with Crippen LogP contribution in [-0.2, 0) is 19.3 Å². The number of hydrogen-bond donors (Lipinski definition) is 0. The Kier molecular flexibility index (Phi) is 2.90. The van der Waals surface area contributed by atoms with Gasteiger partial charge in [-0.2, -0.15) is 0 Å². The molecule has 0 radical (unpaired) electrons. The molecule has 0 nitrogen and oxygen atoms in total. The number of hydrogen-bond acceptors (Lipinski definition) is 0. The van der Waals surface area contributed by atoms with Crippen molar-refractivity contribution in [1.82, 2.24) is 0 Å². The Balaban J connectivity index is 2.23. The van der Waals surface area contributed by atoms with Crippen LogP contribution in [0.15, 0.2) is 12.1 Å². The highest BCUT2D eigenvalue weighted by Gasteiger charge is 2.13. The van der Waals surface area contributed by atoms with Crippen molar-refractivity contribution in [3.05, 3.63) is 34.4 Å². The predicted molar refractivity (Wildman–Crippen MR) is 61.8 cm³/mol. The summed E-state index contributed by atoms with van der Waals surface area (Å²) in [5, 5.41) is 0. The van der Waals surface area contributed by atoms with E-state index in [-0.39, 0.29) is 0 Å². The average Bonchev–Trinajstić information content (AvgIpc) is 2.63. The molecule has 1 aliphatic rings. The minimum absolute atomic E-state index is 1.27. The van der Waals surface area contributed by atoms with E-state index in [1.54, 1.807) is 16.7 Å². The van der Waals surface area contributed by atoms with E-state index in [1.165, 1.54) is 44.1 Å². The number of unbranched alkanes of at least 4 members (excludes halogenated alkanes) is 1. The SMILES string of the molecule is CCCCc1cc(C)c2c(c1)CCC2. The third-order valence-electron chi connectivity index (χ3n) is 3.32. The van der Waals surface area contributed by atoms with Gasteiger partial charge in [-0.15, -0.1) is 0 Å². The van der Waals surface area contributed by atoms with E-state index in [1.807, 2.05) is 0 Å². The second-order valence-corrected chi connectivity index (χ2v) is 4.51. The van der Waals surface area contributed by atoms with Gasteiger partial charge >= 0.3 is 0 Å². The fourth-order valence-electron chi connectivity index (χ4n) is 2.53. The van der Waals surface area contributed by atoms with Crippen molar-refractivity contribution >= 4 is 0 Å². The summed E-state index contributed by atoms with van der Waals surface area (Å²) < 4.78 is 0. The zero-order valence-electron chi connectivity index (χ0n) is 9.40. The molecule has 2 rings (SSSR count). The first-order valence-electron chi connectivity index (χ1n) is 5.92. The van der Waals surface area contributed by atoms with Gasteiger partial charge in [0.25, 0.3) is 0 Å². The molecule has 0 unspecified atom stereocenters. The number of fused-ring (bicyclic) bond motifs is 1. The minimum atomic E-state index is 1.27. The Hall–Kier alpha value is -0.780. The van der Waals surface area contributed by atoms with Gasteiger partial charge in [0.1, 0.15) is 0 Å². The van der Waals surface area contributed by atoms with Crippen LogP contribution < -0.4 is 0 Å². The lowest BCUT2D eigenvalue weighted by Gasteiger charge is -2.08. The molecule has 0 N–H and O–H groups in total. The Morgan fingerprint density at radius 3 is 2.86 bits per heavy atom. The first kappa shape index (κ1) is 9.76. The summed E-state index contributed by atoms with van der Waals surface area (Å²) in [5.74, 6) is 0. The topological polar surface area (TPSA) is 0 Å². The molecule has 76 valence electrons. The number of rotatable bonds is 3. The Bertz CT molecular complexity index is 323. The van der Waals surface area contributed by atoms with Crippen molar-refractivity contribution in [3.63, 3.8) is 0 Å². The molecule has 1 aromatic rings. The third-order valence-corrected chi connectivity index (χ3v) is 3.32. The summed E-state index contributed by atoms with van der Waals surface area (Å²) >= 11 is 0. The summed E-state index contributed by atoms with van der Waals surface area (Å²) in [6, 6.07) is 4.85. The first-order valence-corrected chi connectivity index (χ1v) is 5.92. The zero-order chi connectivity index (χ0) is 9.97. The van der Waals surface area contributed by atoms with Crippen LogP contribution in [0.1, 0.15) is 48.4 Å². The second-order valence-electron chi connectivity index (χ2n) is 4.51. The molecule has 1 aliphatic carbocycles. The molecule has 0 atom stereocenters. The molecule has 1 aromatic carbocycles. The van der Waals surface area contributed by atoms with Crippen molar-refractivity contribution < 1.29 is 0 Å². The minimum Gasteiger partial charge on any atom is -0.0654 e. The highest BCUT2D eigenvalue weighted by atomic mass is 14.2. The van der Waals surface area contributed by atoms with Crippen LogP contribution in [0.3, 0.4) is 0 Å². The Labute approximate surface area is 87.3 Å². The van der Waals surface area contributed by atoms with Crippen LogP contribution in [0, 0.1) is 6.92 Å². The summed E-state index contributed by atoms with van der Waals surface area (Å²) in [6.07, 6.45) is 7.90. The van der Waals surface area contributed by atoms with E-state index < -0.39 is 0 Å². The molecule has 0 spiro atoms. The normalized spacial score (nSPS) is 14.4. The summed E-state index contributed by atoms with van der Waals surface area (Å²) in [5.41, 5.74) is 6.37. The lowest BCUT2D eigenvalue weighted by Crippen LogP contribution is -1.93. The van der Waals surface area contributed by atoms with Crippen molar-refractivity contribution in [2.24, 2.45) is 0 Å². The molecular formula is C14H20. The van der Waals surface area contributed by atoms with E-state index in [4.69, 9.17) is 0 Å². The molecule has 0 heterocycles. The van der Waals surface area contributed by atoms with Crippen LogP contribution in [0.2, 0.25) is 0 Å². The monoisotopic (exact) mass is 188 g/mol. The molecule has 0 heteroatoms. The quantitative estimate of drug-likeness (QED) is 0.676. The number of aryl methyl sites for hydroxylation is 3. The third kappa shape index (κ3) is 1.84. The Morgan fingerprint density at radius 1 is 1.21 bits per heavy atom. The van der Waals surface area contributed by atoms with Gasteiger partial charge in [0.05, 0.1) is 0 Å². The van der Waals surface area contributed by atoms with E-state index in [2.05, 4.69) is 26.0 Å². The molecular weight excluding hydrogens is 168 g/mol. The van der Waals surface area contributed by atoms with Gasteiger partial charge in [0.2, 0.25) is 0 Å². The number of benzene rings is 1. The summed E-state index contributed by atoms with van der Waals surface area (Å²) in [4.78, 5) is 0.